The van der Waals surface area contributed by atoms with E-state index >= 15 is 0 Å². The Morgan fingerprint density at radius 3 is 2.43 bits per heavy atom. The van der Waals surface area contributed by atoms with Crippen LogP contribution < -0.4 is 5.32 Å². The minimum absolute atomic E-state index is 0.0450. The molecule has 1 aliphatic rings. The molecule has 1 aromatic rings. The number of likely N-dealkylation sites (tertiary alicyclic amines) is 1. The average Bonchev–Trinajstić information content (AvgIpc) is 2.54. The van der Waals surface area contributed by atoms with Gasteiger partial charge >= 0.3 is 0 Å². The lowest BCUT2D eigenvalue weighted by Crippen LogP contribution is -2.40. The van der Waals surface area contributed by atoms with E-state index in [1.807, 2.05) is 0 Å². The smallest absolute Gasteiger partial charge is 0.220 e. The predicted molar refractivity (Wildman–Crippen MR) is 88.4 cm³/mol. The number of hydrogen-bond acceptors (Lipinski definition) is 3. The van der Waals surface area contributed by atoms with E-state index in [9.17, 15) is 14.3 Å². The Kier molecular flexibility index (Phi) is 6.54. The van der Waals surface area contributed by atoms with Crippen molar-refractivity contribution in [3.05, 3.63) is 35.6 Å². The molecule has 1 fully saturated rings. The molecule has 4 nitrogen and oxygen atoms in total. The number of amides is 1. The van der Waals surface area contributed by atoms with E-state index in [1.54, 1.807) is 12.1 Å². The van der Waals surface area contributed by atoms with Gasteiger partial charge in [0, 0.05) is 12.5 Å². The van der Waals surface area contributed by atoms with Crippen molar-refractivity contribution in [2.24, 2.45) is 5.92 Å². The molecule has 1 atom stereocenters. The van der Waals surface area contributed by atoms with Gasteiger partial charge in [0.1, 0.15) is 5.82 Å². The van der Waals surface area contributed by atoms with Crippen LogP contribution in [-0.4, -0.2) is 41.7 Å². The zero-order valence-corrected chi connectivity index (χ0v) is 14.0. The van der Waals surface area contributed by atoms with Gasteiger partial charge in [0.2, 0.25) is 5.91 Å². The summed E-state index contributed by atoms with van der Waals surface area (Å²) in [7, 11) is 0. The zero-order valence-electron chi connectivity index (χ0n) is 14.0. The molecular weight excluding hydrogens is 295 g/mol. The van der Waals surface area contributed by atoms with Crippen LogP contribution in [0.1, 0.15) is 44.7 Å². The second-order valence-corrected chi connectivity index (χ2v) is 6.63. The molecule has 1 unspecified atom stereocenters. The first-order valence-electron chi connectivity index (χ1n) is 8.39. The maximum Gasteiger partial charge on any atom is 0.220 e. The van der Waals surface area contributed by atoms with Crippen molar-refractivity contribution >= 4 is 5.91 Å². The number of carbonyl (C=O) groups is 1. The molecule has 0 bridgehead atoms. The van der Waals surface area contributed by atoms with Crippen molar-refractivity contribution in [3.8, 4) is 0 Å². The first-order valence-corrected chi connectivity index (χ1v) is 8.39. The van der Waals surface area contributed by atoms with Crippen molar-refractivity contribution in [2.45, 2.75) is 45.2 Å². The molecule has 1 aromatic carbocycles. The van der Waals surface area contributed by atoms with E-state index in [0.717, 1.165) is 31.5 Å². The molecule has 1 aliphatic heterocycles. The molecule has 0 aromatic heterocycles. The minimum atomic E-state index is -0.473. The van der Waals surface area contributed by atoms with Crippen LogP contribution in [0.3, 0.4) is 0 Å². The highest BCUT2D eigenvalue weighted by Gasteiger charge is 2.23. The fourth-order valence-electron chi connectivity index (χ4n) is 3.12. The van der Waals surface area contributed by atoms with E-state index < -0.39 is 6.04 Å². The van der Waals surface area contributed by atoms with Crippen LogP contribution in [0.4, 0.5) is 4.39 Å². The van der Waals surface area contributed by atoms with Gasteiger partial charge in [0.15, 0.2) is 0 Å². The van der Waals surface area contributed by atoms with Crippen LogP contribution in [0, 0.1) is 11.7 Å². The lowest BCUT2D eigenvalue weighted by molar-refractivity contribution is -0.123. The number of hydrogen-bond donors (Lipinski definition) is 2. The Labute approximate surface area is 137 Å². The number of nitrogens with zero attached hydrogens (tertiary/aromatic N) is 1. The first kappa shape index (κ1) is 17.9. The monoisotopic (exact) mass is 322 g/mol. The highest BCUT2D eigenvalue weighted by atomic mass is 19.1. The summed E-state index contributed by atoms with van der Waals surface area (Å²) in [5.74, 6) is 0.0302. The van der Waals surface area contributed by atoms with Gasteiger partial charge in [-0.2, -0.15) is 0 Å². The van der Waals surface area contributed by atoms with Crippen LogP contribution in [-0.2, 0) is 4.79 Å². The number of benzene rings is 1. The van der Waals surface area contributed by atoms with Crippen molar-refractivity contribution in [1.29, 1.82) is 0 Å². The van der Waals surface area contributed by atoms with Gasteiger partial charge in [-0.05, 0) is 63.4 Å². The van der Waals surface area contributed by atoms with Crippen molar-refractivity contribution in [1.82, 2.24) is 10.2 Å². The predicted octanol–water partition coefficient (Wildman–Crippen LogP) is 2.49. The van der Waals surface area contributed by atoms with Crippen molar-refractivity contribution in [2.75, 3.05) is 19.7 Å². The maximum absolute atomic E-state index is 13.0. The van der Waals surface area contributed by atoms with Gasteiger partial charge in [-0.1, -0.05) is 12.1 Å². The van der Waals surface area contributed by atoms with Crippen LogP contribution >= 0.6 is 0 Å². The Morgan fingerprint density at radius 1 is 1.30 bits per heavy atom. The van der Waals surface area contributed by atoms with E-state index in [2.05, 4.69) is 24.1 Å². The molecule has 5 heteroatoms. The lowest BCUT2D eigenvalue weighted by Gasteiger charge is -2.34. The van der Waals surface area contributed by atoms with Crippen LogP contribution in [0.15, 0.2) is 24.3 Å². The summed E-state index contributed by atoms with van der Waals surface area (Å²) in [4.78, 5) is 14.7. The van der Waals surface area contributed by atoms with Gasteiger partial charge < -0.3 is 15.3 Å². The summed E-state index contributed by atoms with van der Waals surface area (Å²) in [6.07, 6.45) is 2.56. The number of carbonyl (C=O) groups excluding carboxylic acids is 1. The molecule has 2 rings (SSSR count). The second kappa shape index (κ2) is 8.41. The molecule has 0 radical (unpaired) electrons. The third kappa shape index (κ3) is 5.29. The Balaban J connectivity index is 1.82. The normalized spacial score (nSPS) is 18.1. The maximum atomic E-state index is 13.0. The molecule has 0 saturated carbocycles. The van der Waals surface area contributed by atoms with Gasteiger partial charge in [0.25, 0.3) is 0 Å². The number of rotatable bonds is 6. The zero-order chi connectivity index (χ0) is 16.8. The molecule has 2 N–H and O–H groups in total. The summed E-state index contributed by atoms with van der Waals surface area (Å²) < 4.78 is 13.0. The topological polar surface area (TPSA) is 52.6 Å². The summed E-state index contributed by atoms with van der Waals surface area (Å²) >= 11 is 0. The van der Waals surface area contributed by atoms with Crippen molar-refractivity contribution < 1.29 is 14.3 Å². The van der Waals surface area contributed by atoms with Gasteiger partial charge in [-0.3, -0.25) is 4.79 Å². The Hall–Kier alpha value is -1.46. The quantitative estimate of drug-likeness (QED) is 0.846. The summed E-state index contributed by atoms with van der Waals surface area (Å²) in [6.45, 7) is 6.28. The number of aliphatic hydroxyl groups excluding tert-OH is 1. The average molecular weight is 322 g/mol. The molecule has 128 valence electrons. The molecule has 0 aliphatic carbocycles. The SMILES string of the molecule is CC(C)N1CCC(CC(=O)NC(CO)c2ccc(F)cc2)CC1. The van der Waals surface area contributed by atoms with Gasteiger partial charge in [0.05, 0.1) is 12.6 Å². The summed E-state index contributed by atoms with van der Waals surface area (Å²) in [5.41, 5.74) is 0.719. The van der Waals surface area contributed by atoms with Crippen molar-refractivity contribution in [3.63, 3.8) is 0 Å². The summed E-state index contributed by atoms with van der Waals surface area (Å²) in [6, 6.07) is 5.95. The van der Waals surface area contributed by atoms with Crippen LogP contribution in [0.25, 0.3) is 0 Å². The fraction of sp³-hybridized carbons (Fsp3) is 0.611. The second-order valence-electron chi connectivity index (χ2n) is 6.63. The van der Waals surface area contributed by atoms with E-state index in [0.29, 0.717) is 18.4 Å². The largest absolute Gasteiger partial charge is 0.394 e. The van der Waals surface area contributed by atoms with Crippen LogP contribution in [0.5, 0.6) is 0 Å². The van der Waals surface area contributed by atoms with E-state index in [4.69, 9.17) is 0 Å². The molecule has 1 amide bonds. The lowest BCUT2D eigenvalue weighted by atomic mass is 9.92. The van der Waals surface area contributed by atoms with Gasteiger partial charge in [-0.25, -0.2) is 4.39 Å². The highest BCUT2D eigenvalue weighted by Crippen LogP contribution is 2.22. The number of aliphatic hydroxyl groups is 1. The van der Waals surface area contributed by atoms with Gasteiger partial charge in [-0.15, -0.1) is 0 Å². The Morgan fingerprint density at radius 2 is 1.91 bits per heavy atom. The fourth-order valence-corrected chi connectivity index (χ4v) is 3.12. The minimum Gasteiger partial charge on any atom is -0.394 e. The third-order valence-electron chi connectivity index (χ3n) is 4.64. The van der Waals surface area contributed by atoms with E-state index in [1.165, 1.54) is 12.1 Å². The van der Waals surface area contributed by atoms with Crippen LogP contribution in [0.2, 0.25) is 0 Å². The highest BCUT2D eigenvalue weighted by molar-refractivity contribution is 5.76. The molecule has 1 saturated heterocycles. The standard InChI is InChI=1S/C18H27FN2O2/c1-13(2)21-9-7-14(8-10-21)11-18(23)20-17(12-22)15-3-5-16(19)6-4-15/h3-6,13-14,17,22H,7-12H2,1-2H3,(H,20,23). The van der Waals surface area contributed by atoms with E-state index in [-0.39, 0.29) is 18.3 Å². The summed E-state index contributed by atoms with van der Waals surface area (Å²) in [5, 5.41) is 12.3. The molecular formula is C18H27FN2O2. The molecule has 0 spiro atoms. The Bertz CT molecular complexity index is 496. The number of nitrogens with one attached hydrogen (secondary N) is 1. The molecule has 1 heterocycles. The number of piperidine rings is 1. The number of halogens is 1. The molecule has 23 heavy (non-hydrogen) atoms. The third-order valence-corrected chi connectivity index (χ3v) is 4.64. The first-order chi connectivity index (χ1) is 11.0.